The van der Waals surface area contributed by atoms with Crippen molar-refractivity contribution in [1.82, 2.24) is 5.32 Å². The van der Waals surface area contributed by atoms with Crippen molar-refractivity contribution in [3.05, 3.63) is 53.8 Å². The molecule has 140 valence electrons. The molecule has 0 saturated heterocycles. The lowest BCUT2D eigenvalue weighted by molar-refractivity contribution is 0.0946. The lowest BCUT2D eigenvalue weighted by Gasteiger charge is -2.13. The Hall–Kier alpha value is -2.76. The molecule has 1 amide bonds. The molecule has 0 bridgehead atoms. The average molecular weight is 361 g/mol. The van der Waals surface area contributed by atoms with E-state index in [1.54, 1.807) is 30.3 Å². The van der Waals surface area contributed by atoms with Crippen LogP contribution >= 0.6 is 0 Å². The summed E-state index contributed by atoms with van der Waals surface area (Å²) in [6.07, 6.45) is 0.891. The van der Waals surface area contributed by atoms with Gasteiger partial charge in [-0.25, -0.2) is 4.39 Å². The predicted molar refractivity (Wildman–Crippen MR) is 97.6 cm³/mol. The number of nitrogens with one attached hydrogen (secondary N) is 1. The van der Waals surface area contributed by atoms with Crippen molar-refractivity contribution in [3.63, 3.8) is 0 Å². The van der Waals surface area contributed by atoms with Crippen molar-refractivity contribution >= 4 is 5.91 Å². The van der Waals surface area contributed by atoms with Gasteiger partial charge in [-0.15, -0.1) is 0 Å². The number of halogens is 1. The van der Waals surface area contributed by atoms with Gasteiger partial charge >= 0.3 is 0 Å². The van der Waals surface area contributed by atoms with Gasteiger partial charge in [-0.2, -0.15) is 0 Å². The molecule has 0 radical (unpaired) electrons. The summed E-state index contributed by atoms with van der Waals surface area (Å²) in [5, 5.41) is 2.78. The Morgan fingerprint density at radius 2 is 1.73 bits per heavy atom. The molecule has 0 heterocycles. The van der Waals surface area contributed by atoms with Crippen LogP contribution in [0.5, 0.6) is 17.2 Å². The molecule has 0 saturated carbocycles. The predicted octanol–water partition coefficient (Wildman–Crippen LogP) is 3.82. The highest BCUT2D eigenvalue weighted by atomic mass is 19.1. The Bertz CT molecular complexity index is 703. The highest BCUT2D eigenvalue weighted by Gasteiger charge is 2.11. The van der Waals surface area contributed by atoms with E-state index in [-0.39, 0.29) is 18.3 Å². The first-order valence-corrected chi connectivity index (χ1v) is 8.70. The zero-order valence-corrected chi connectivity index (χ0v) is 15.1. The normalized spacial score (nSPS) is 10.3. The first-order valence-electron chi connectivity index (χ1n) is 8.70. The molecule has 0 unspecified atom stereocenters. The van der Waals surface area contributed by atoms with E-state index in [2.05, 4.69) is 5.32 Å². The average Bonchev–Trinajstić information content (AvgIpc) is 2.65. The zero-order chi connectivity index (χ0) is 18.8. The summed E-state index contributed by atoms with van der Waals surface area (Å²) in [4.78, 5) is 12.3. The van der Waals surface area contributed by atoms with Gasteiger partial charge in [0.25, 0.3) is 5.91 Å². The molecular weight excluding hydrogens is 337 g/mol. The first kappa shape index (κ1) is 19.6. The summed E-state index contributed by atoms with van der Waals surface area (Å²) in [6.45, 7) is 5.59. The van der Waals surface area contributed by atoms with Crippen molar-refractivity contribution in [2.24, 2.45) is 0 Å². The molecule has 0 aliphatic heterocycles. The lowest BCUT2D eigenvalue weighted by Crippen LogP contribution is -2.28. The minimum absolute atomic E-state index is 0.226. The summed E-state index contributed by atoms with van der Waals surface area (Å²) >= 11 is 0. The fraction of sp³-hybridized carbons (Fsp3) is 0.350. The van der Waals surface area contributed by atoms with Crippen LogP contribution in [0, 0.1) is 5.82 Å². The van der Waals surface area contributed by atoms with Crippen LogP contribution in [0.4, 0.5) is 4.39 Å². The van der Waals surface area contributed by atoms with Crippen molar-refractivity contribution in [3.8, 4) is 17.2 Å². The van der Waals surface area contributed by atoms with Crippen LogP contribution in [0.15, 0.2) is 42.5 Å². The third-order valence-electron chi connectivity index (χ3n) is 3.44. The van der Waals surface area contributed by atoms with Crippen molar-refractivity contribution in [2.45, 2.75) is 20.3 Å². The highest BCUT2D eigenvalue weighted by Crippen LogP contribution is 2.28. The van der Waals surface area contributed by atoms with Crippen molar-refractivity contribution in [1.29, 1.82) is 0 Å². The number of carbonyl (C=O) groups is 1. The molecule has 1 N–H and O–H groups in total. The monoisotopic (exact) mass is 361 g/mol. The van der Waals surface area contributed by atoms with E-state index in [1.807, 2.05) is 13.8 Å². The van der Waals surface area contributed by atoms with Crippen LogP contribution in [-0.2, 0) is 0 Å². The standard InChI is InChI=1S/C20H24FNO4/c1-3-12-26-18-10-5-15(14-19(18)24-4-2)20(23)22-11-13-25-17-8-6-16(21)7-9-17/h5-10,14H,3-4,11-13H2,1-2H3,(H,22,23). The molecule has 0 spiro atoms. The second-order valence-corrected chi connectivity index (χ2v) is 5.50. The molecule has 6 heteroatoms. The Labute approximate surface area is 153 Å². The molecule has 0 atom stereocenters. The van der Waals surface area contributed by atoms with Crippen LogP contribution in [0.2, 0.25) is 0 Å². The highest BCUT2D eigenvalue weighted by molar-refractivity contribution is 5.94. The molecule has 2 aromatic rings. The van der Waals surface area contributed by atoms with Crippen LogP contribution in [0.3, 0.4) is 0 Å². The Kier molecular flexibility index (Phi) is 7.74. The van der Waals surface area contributed by atoms with Crippen LogP contribution in [-0.4, -0.2) is 32.3 Å². The quantitative estimate of drug-likeness (QED) is 0.654. The van der Waals surface area contributed by atoms with Crippen LogP contribution < -0.4 is 19.5 Å². The fourth-order valence-electron chi connectivity index (χ4n) is 2.22. The van der Waals surface area contributed by atoms with Gasteiger partial charge in [-0.1, -0.05) is 6.92 Å². The summed E-state index contributed by atoms with van der Waals surface area (Å²) in [5.74, 6) is 1.19. The molecule has 0 fully saturated rings. The van der Waals surface area contributed by atoms with E-state index in [9.17, 15) is 9.18 Å². The minimum atomic E-state index is -0.317. The van der Waals surface area contributed by atoms with Gasteiger partial charge < -0.3 is 19.5 Å². The lowest BCUT2D eigenvalue weighted by atomic mass is 10.2. The maximum absolute atomic E-state index is 12.8. The number of hydrogen-bond acceptors (Lipinski definition) is 4. The Morgan fingerprint density at radius 1 is 0.962 bits per heavy atom. The van der Waals surface area contributed by atoms with Gasteiger partial charge in [0.15, 0.2) is 11.5 Å². The topological polar surface area (TPSA) is 56.8 Å². The maximum atomic E-state index is 12.8. The Balaban J connectivity index is 1.87. The number of carbonyl (C=O) groups excluding carboxylic acids is 1. The summed E-state index contributed by atoms with van der Waals surface area (Å²) < 4.78 is 29.5. The molecule has 5 nitrogen and oxygen atoms in total. The third kappa shape index (κ3) is 5.95. The Morgan fingerprint density at radius 3 is 2.42 bits per heavy atom. The summed E-state index contributed by atoms with van der Waals surface area (Å²) in [7, 11) is 0. The van der Waals surface area contributed by atoms with Gasteiger partial charge in [-0.3, -0.25) is 4.79 Å². The number of hydrogen-bond donors (Lipinski definition) is 1. The fourth-order valence-corrected chi connectivity index (χ4v) is 2.22. The first-order chi connectivity index (χ1) is 12.6. The molecule has 0 aromatic heterocycles. The van der Waals surface area contributed by atoms with Crippen LogP contribution in [0.25, 0.3) is 0 Å². The molecule has 26 heavy (non-hydrogen) atoms. The van der Waals surface area contributed by atoms with Crippen molar-refractivity contribution < 1.29 is 23.4 Å². The van der Waals surface area contributed by atoms with E-state index >= 15 is 0 Å². The second-order valence-electron chi connectivity index (χ2n) is 5.50. The summed E-state index contributed by atoms with van der Waals surface area (Å²) in [6, 6.07) is 10.8. The number of benzene rings is 2. The molecule has 2 rings (SSSR count). The molecular formula is C20H24FNO4. The van der Waals surface area contributed by atoms with E-state index in [1.165, 1.54) is 12.1 Å². The molecule has 2 aromatic carbocycles. The van der Waals surface area contributed by atoms with E-state index < -0.39 is 0 Å². The van der Waals surface area contributed by atoms with Gasteiger partial charge in [0, 0.05) is 5.56 Å². The second kappa shape index (κ2) is 10.3. The van der Waals surface area contributed by atoms with Gasteiger partial charge in [0.2, 0.25) is 0 Å². The smallest absolute Gasteiger partial charge is 0.251 e. The van der Waals surface area contributed by atoms with Gasteiger partial charge in [-0.05, 0) is 55.8 Å². The number of ether oxygens (including phenoxy) is 3. The maximum Gasteiger partial charge on any atom is 0.251 e. The zero-order valence-electron chi connectivity index (χ0n) is 15.1. The van der Waals surface area contributed by atoms with E-state index in [0.717, 1.165) is 6.42 Å². The SMILES string of the molecule is CCCOc1ccc(C(=O)NCCOc2ccc(F)cc2)cc1OCC. The summed E-state index contributed by atoms with van der Waals surface area (Å²) in [5.41, 5.74) is 0.485. The van der Waals surface area contributed by atoms with E-state index in [0.29, 0.717) is 42.6 Å². The van der Waals surface area contributed by atoms with Crippen molar-refractivity contribution in [2.75, 3.05) is 26.4 Å². The van der Waals surface area contributed by atoms with Crippen LogP contribution in [0.1, 0.15) is 30.6 Å². The van der Waals surface area contributed by atoms with Gasteiger partial charge in [0.1, 0.15) is 18.2 Å². The van der Waals surface area contributed by atoms with E-state index in [4.69, 9.17) is 14.2 Å². The third-order valence-corrected chi connectivity index (χ3v) is 3.44. The molecule has 0 aliphatic carbocycles. The molecule has 0 aliphatic rings. The largest absolute Gasteiger partial charge is 0.492 e. The van der Waals surface area contributed by atoms with Gasteiger partial charge in [0.05, 0.1) is 19.8 Å². The number of rotatable bonds is 10. The number of amides is 1. The minimum Gasteiger partial charge on any atom is -0.492 e.